The van der Waals surface area contributed by atoms with Crippen molar-refractivity contribution in [2.24, 2.45) is 5.73 Å². The van der Waals surface area contributed by atoms with E-state index in [-0.39, 0.29) is 45.6 Å². The Hall–Kier alpha value is -4.77. The molecule has 0 radical (unpaired) electrons. The van der Waals surface area contributed by atoms with E-state index in [1.54, 1.807) is 49.4 Å². The molecule has 1 aliphatic heterocycles. The van der Waals surface area contributed by atoms with Crippen molar-refractivity contribution in [3.63, 3.8) is 0 Å². The van der Waals surface area contributed by atoms with Crippen LogP contribution in [0.5, 0.6) is 5.75 Å². The number of nitrogens with two attached hydrogens (primary N) is 1. The number of carbonyl (C=O) groups excluding carboxylic acids is 3. The molecule has 39 heavy (non-hydrogen) atoms. The number of nitrogens with zero attached hydrogens (tertiary/aromatic N) is 2. The number of amides is 2. The molecule has 1 aliphatic rings. The van der Waals surface area contributed by atoms with E-state index >= 15 is 0 Å². The summed E-state index contributed by atoms with van der Waals surface area (Å²) in [5.41, 5.74) is 7.07. The lowest BCUT2D eigenvalue weighted by molar-refractivity contribution is -0.119. The van der Waals surface area contributed by atoms with Crippen LogP contribution in [-0.4, -0.2) is 36.0 Å². The number of hydrogen-bond donors (Lipinski definition) is 1. The van der Waals surface area contributed by atoms with Crippen molar-refractivity contribution in [2.75, 3.05) is 18.1 Å². The van der Waals surface area contributed by atoms with Crippen molar-refractivity contribution in [1.82, 2.24) is 4.98 Å². The van der Waals surface area contributed by atoms with Crippen LogP contribution in [0.15, 0.2) is 64.3 Å². The molecule has 198 valence electrons. The quantitative estimate of drug-likeness (QED) is 0.260. The standard InChI is InChI=1S/C28H23N3O7S/c1-4-11-36-27(35)25-15(3)30-28(39-25)31-22(16-6-8-17(9-7-16)37-13-20(29)32)21-23(33)18-12-14(2)5-10-19(18)38-24(21)26(31)34/h4-10,12,22H,1,11,13H2,2-3H3,(H2,29,32). The maximum Gasteiger partial charge on any atom is 0.350 e. The van der Waals surface area contributed by atoms with Gasteiger partial charge in [0.1, 0.15) is 22.8 Å². The van der Waals surface area contributed by atoms with Gasteiger partial charge in [-0.05, 0) is 43.7 Å². The third-order valence-corrected chi connectivity index (χ3v) is 7.25. The van der Waals surface area contributed by atoms with Crippen molar-refractivity contribution in [3.05, 3.63) is 98.4 Å². The number of aryl methyl sites for hydroxylation is 2. The number of benzene rings is 2. The van der Waals surface area contributed by atoms with Gasteiger partial charge in [0, 0.05) is 0 Å². The molecule has 3 heterocycles. The minimum absolute atomic E-state index is 0.0246. The lowest BCUT2D eigenvalue weighted by Crippen LogP contribution is -2.29. The molecule has 1 atom stereocenters. The molecule has 2 aromatic carbocycles. The minimum atomic E-state index is -0.901. The second-order valence-electron chi connectivity index (χ2n) is 8.87. The highest BCUT2D eigenvalue weighted by molar-refractivity contribution is 7.17. The molecule has 0 fully saturated rings. The number of thiazole rings is 1. The van der Waals surface area contributed by atoms with E-state index in [1.165, 1.54) is 11.0 Å². The first kappa shape index (κ1) is 25.9. The second-order valence-corrected chi connectivity index (χ2v) is 9.85. The van der Waals surface area contributed by atoms with E-state index in [4.69, 9.17) is 19.6 Å². The molecule has 0 aliphatic carbocycles. The summed E-state index contributed by atoms with van der Waals surface area (Å²) in [7, 11) is 0. The van der Waals surface area contributed by atoms with Crippen LogP contribution >= 0.6 is 11.3 Å². The van der Waals surface area contributed by atoms with Gasteiger partial charge >= 0.3 is 5.97 Å². The van der Waals surface area contributed by atoms with Gasteiger partial charge in [-0.1, -0.05) is 47.8 Å². The first-order chi connectivity index (χ1) is 18.7. The molecule has 10 nitrogen and oxygen atoms in total. The Morgan fingerprint density at radius 2 is 1.92 bits per heavy atom. The Balaban J connectivity index is 1.66. The SMILES string of the molecule is C=CCOC(=O)c1sc(N2C(=O)c3oc4ccc(C)cc4c(=O)c3C2c2ccc(OCC(N)=O)cc2)nc1C. The predicted octanol–water partition coefficient (Wildman–Crippen LogP) is 3.82. The molecule has 1 unspecified atom stereocenters. The van der Waals surface area contributed by atoms with Gasteiger partial charge in [0.2, 0.25) is 5.76 Å². The van der Waals surface area contributed by atoms with Gasteiger partial charge < -0.3 is 19.6 Å². The van der Waals surface area contributed by atoms with Crippen LogP contribution in [0.2, 0.25) is 0 Å². The van der Waals surface area contributed by atoms with E-state index in [0.717, 1.165) is 16.9 Å². The highest BCUT2D eigenvalue weighted by Gasteiger charge is 2.45. The fraction of sp³-hybridized carbons (Fsp3) is 0.179. The van der Waals surface area contributed by atoms with Crippen LogP contribution in [-0.2, 0) is 9.53 Å². The number of aromatic nitrogens is 1. The molecular formula is C28H23N3O7S. The first-order valence-corrected chi connectivity index (χ1v) is 12.7. The second kappa shape index (κ2) is 10.2. The van der Waals surface area contributed by atoms with Crippen LogP contribution in [0, 0.1) is 13.8 Å². The minimum Gasteiger partial charge on any atom is -0.484 e. The van der Waals surface area contributed by atoms with E-state index in [0.29, 0.717) is 22.4 Å². The molecule has 2 aromatic heterocycles. The lowest BCUT2D eigenvalue weighted by Gasteiger charge is -2.22. The zero-order valence-corrected chi connectivity index (χ0v) is 21.9. The smallest absolute Gasteiger partial charge is 0.350 e. The first-order valence-electron chi connectivity index (χ1n) is 11.9. The molecule has 0 saturated carbocycles. The Kier molecular flexibility index (Phi) is 6.75. The van der Waals surface area contributed by atoms with Crippen LogP contribution in [0.25, 0.3) is 11.0 Å². The summed E-state index contributed by atoms with van der Waals surface area (Å²) < 4.78 is 16.5. The number of ether oxygens (including phenoxy) is 2. The summed E-state index contributed by atoms with van der Waals surface area (Å²) in [4.78, 5) is 57.3. The largest absolute Gasteiger partial charge is 0.484 e. The molecule has 0 saturated heterocycles. The number of anilines is 1. The lowest BCUT2D eigenvalue weighted by atomic mass is 9.98. The van der Waals surface area contributed by atoms with Crippen LogP contribution in [0.3, 0.4) is 0 Å². The highest BCUT2D eigenvalue weighted by Crippen LogP contribution is 2.43. The maximum absolute atomic E-state index is 13.8. The molecule has 2 N–H and O–H groups in total. The van der Waals surface area contributed by atoms with Gasteiger partial charge in [-0.25, -0.2) is 9.78 Å². The fourth-order valence-electron chi connectivity index (χ4n) is 4.37. The van der Waals surface area contributed by atoms with Gasteiger partial charge in [-0.3, -0.25) is 19.3 Å². The maximum atomic E-state index is 13.8. The number of fused-ring (bicyclic) bond motifs is 2. The van der Waals surface area contributed by atoms with E-state index in [2.05, 4.69) is 11.6 Å². The van der Waals surface area contributed by atoms with Crippen molar-refractivity contribution >= 4 is 45.2 Å². The molecule has 2 amide bonds. The summed E-state index contributed by atoms with van der Waals surface area (Å²) in [5.74, 6) is -1.50. The van der Waals surface area contributed by atoms with Gasteiger partial charge in [-0.15, -0.1) is 0 Å². The molecule has 0 spiro atoms. The van der Waals surface area contributed by atoms with Gasteiger partial charge in [0.05, 0.1) is 22.7 Å². The Morgan fingerprint density at radius 1 is 1.18 bits per heavy atom. The normalized spacial score (nSPS) is 14.4. The molecule has 11 heteroatoms. The average molecular weight is 546 g/mol. The number of carbonyl (C=O) groups is 3. The molecule has 0 bridgehead atoms. The van der Waals surface area contributed by atoms with Crippen molar-refractivity contribution in [2.45, 2.75) is 19.9 Å². The highest BCUT2D eigenvalue weighted by atomic mass is 32.1. The summed E-state index contributed by atoms with van der Waals surface area (Å²) in [5, 5.41) is 0.548. The third kappa shape index (κ3) is 4.68. The number of hydrogen-bond acceptors (Lipinski definition) is 9. The molecule has 4 aromatic rings. The zero-order valence-electron chi connectivity index (χ0n) is 21.1. The Labute approximate surface area is 226 Å². The molecule has 5 rings (SSSR count). The number of esters is 1. The summed E-state index contributed by atoms with van der Waals surface area (Å²) in [6.45, 7) is 6.77. The van der Waals surface area contributed by atoms with E-state index < -0.39 is 23.8 Å². The molecular weight excluding hydrogens is 522 g/mol. The monoisotopic (exact) mass is 545 g/mol. The van der Waals surface area contributed by atoms with Crippen LogP contribution < -0.4 is 20.8 Å². The van der Waals surface area contributed by atoms with Gasteiger partial charge in [-0.2, -0.15) is 0 Å². The summed E-state index contributed by atoms with van der Waals surface area (Å²) >= 11 is 0.981. The third-order valence-electron chi connectivity index (χ3n) is 6.11. The Morgan fingerprint density at radius 3 is 2.62 bits per heavy atom. The van der Waals surface area contributed by atoms with Crippen molar-refractivity contribution in [1.29, 1.82) is 0 Å². The van der Waals surface area contributed by atoms with E-state index in [9.17, 15) is 19.2 Å². The van der Waals surface area contributed by atoms with Crippen LogP contribution in [0.1, 0.15) is 48.7 Å². The predicted molar refractivity (Wildman–Crippen MR) is 144 cm³/mol. The van der Waals surface area contributed by atoms with Crippen molar-refractivity contribution in [3.8, 4) is 5.75 Å². The number of rotatable bonds is 8. The van der Waals surface area contributed by atoms with Crippen LogP contribution in [0.4, 0.5) is 5.13 Å². The van der Waals surface area contributed by atoms with Gasteiger partial charge in [0.25, 0.3) is 11.8 Å². The topological polar surface area (TPSA) is 142 Å². The zero-order chi connectivity index (χ0) is 27.8. The van der Waals surface area contributed by atoms with Gasteiger partial charge in [0.15, 0.2) is 17.2 Å². The summed E-state index contributed by atoms with van der Waals surface area (Å²) in [6.07, 6.45) is 1.45. The Bertz CT molecular complexity index is 1700. The van der Waals surface area contributed by atoms with Crippen molar-refractivity contribution < 1.29 is 28.3 Å². The fourth-order valence-corrected chi connectivity index (χ4v) is 5.36. The summed E-state index contributed by atoms with van der Waals surface area (Å²) in [6, 6.07) is 10.8. The average Bonchev–Trinajstić information content (AvgIpc) is 3.44. The number of primary amides is 1. The van der Waals surface area contributed by atoms with E-state index in [1.807, 2.05) is 6.92 Å².